The minimum atomic E-state index is -0.466. The number of unbranched alkanes of at least 4 members (excludes halogenated alkanes) is 3. The number of carbonyl (C=O) groups is 4. The molecular weight excluding hydrogens is 396 g/mol. The van der Waals surface area contributed by atoms with E-state index in [-0.39, 0.29) is 0 Å². The van der Waals surface area contributed by atoms with Gasteiger partial charge < -0.3 is 10.6 Å². The van der Waals surface area contributed by atoms with Crippen molar-refractivity contribution in [3.8, 4) is 0 Å². The second-order valence-electron chi connectivity index (χ2n) is 6.89. The monoisotopic (exact) mass is 432 g/mol. The number of rotatable bonds is 9. The van der Waals surface area contributed by atoms with Gasteiger partial charge in [0.15, 0.2) is 0 Å². The Kier molecular flexibility index (Phi) is 13.4. The highest BCUT2D eigenvalue weighted by molar-refractivity contribution is 5.80. The Morgan fingerprint density at radius 3 is 1.17 bits per heavy atom. The molecule has 30 heavy (non-hydrogen) atoms. The number of hydrazine groups is 4. The first-order valence-corrected chi connectivity index (χ1v) is 9.55. The highest BCUT2D eigenvalue weighted by atomic mass is 16.2. The Morgan fingerprint density at radius 2 is 0.867 bits per heavy atom. The molecule has 0 rings (SSSR count). The van der Waals surface area contributed by atoms with Crippen molar-refractivity contribution >= 4 is 24.1 Å². The van der Waals surface area contributed by atoms with Gasteiger partial charge in [-0.25, -0.2) is 50.1 Å². The van der Waals surface area contributed by atoms with Crippen molar-refractivity contribution in [2.45, 2.75) is 25.7 Å². The number of amides is 8. The lowest BCUT2D eigenvalue weighted by Gasteiger charge is -2.21. The Bertz CT molecular complexity index is 510. The Labute approximate surface area is 177 Å². The van der Waals surface area contributed by atoms with Gasteiger partial charge in [-0.3, -0.25) is 10.9 Å². The summed E-state index contributed by atoms with van der Waals surface area (Å²) in [6.07, 6.45) is 3.26. The van der Waals surface area contributed by atoms with Gasteiger partial charge in [-0.1, -0.05) is 12.8 Å². The number of hydrogen-bond donors (Lipinski definition) is 6. The molecule has 0 saturated carbocycles. The molecule has 0 aliphatic rings. The van der Waals surface area contributed by atoms with E-state index >= 15 is 0 Å². The number of hydrogen-bond acceptors (Lipinski definition) is 6. The highest BCUT2D eigenvalue weighted by Crippen LogP contribution is 1.97. The van der Waals surface area contributed by atoms with E-state index < -0.39 is 24.1 Å². The van der Waals surface area contributed by atoms with E-state index in [9.17, 15) is 19.2 Å². The molecule has 174 valence electrons. The molecule has 0 fully saturated rings. The van der Waals surface area contributed by atoms with Crippen molar-refractivity contribution in [1.82, 2.24) is 52.4 Å². The number of carbonyl (C=O) groups excluding carboxylic acids is 4. The lowest BCUT2D eigenvalue weighted by molar-refractivity contribution is 0.159. The third kappa shape index (κ3) is 14.1. The molecule has 0 heterocycles. The van der Waals surface area contributed by atoms with Crippen LogP contribution in [-0.4, -0.2) is 99.5 Å². The molecule has 0 radical (unpaired) electrons. The van der Waals surface area contributed by atoms with Crippen molar-refractivity contribution in [2.75, 3.05) is 55.4 Å². The van der Waals surface area contributed by atoms with Crippen LogP contribution >= 0.6 is 0 Å². The predicted octanol–water partition coefficient (Wildman–Crippen LogP) is -0.789. The van der Waals surface area contributed by atoms with Gasteiger partial charge in [-0.05, 0) is 12.8 Å². The molecule has 0 unspecified atom stereocenters. The van der Waals surface area contributed by atoms with Gasteiger partial charge in [0.05, 0.1) is 0 Å². The summed E-state index contributed by atoms with van der Waals surface area (Å²) in [6.45, 7) is 0.934. The molecule has 14 nitrogen and oxygen atoms in total. The maximum Gasteiger partial charge on any atom is 0.350 e. The summed E-state index contributed by atoms with van der Waals surface area (Å²) < 4.78 is 0. The molecule has 0 aromatic rings. The summed E-state index contributed by atoms with van der Waals surface area (Å²) in [7, 11) is 9.53. The van der Waals surface area contributed by atoms with Crippen LogP contribution in [0.3, 0.4) is 0 Å². The smallest absolute Gasteiger partial charge is 0.337 e. The van der Waals surface area contributed by atoms with Crippen LogP contribution in [0.1, 0.15) is 25.7 Å². The first-order chi connectivity index (χ1) is 14.0. The molecular formula is C16H36N10O4. The topological polar surface area (TPSA) is 153 Å². The van der Waals surface area contributed by atoms with E-state index in [1.54, 1.807) is 28.2 Å². The first kappa shape index (κ1) is 27.0. The number of urea groups is 4. The summed E-state index contributed by atoms with van der Waals surface area (Å²) >= 11 is 0. The van der Waals surface area contributed by atoms with Crippen LogP contribution in [0.4, 0.5) is 19.2 Å². The van der Waals surface area contributed by atoms with Crippen LogP contribution in [0.2, 0.25) is 0 Å². The Morgan fingerprint density at radius 1 is 0.533 bits per heavy atom. The minimum absolute atomic E-state index is 0.462. The van der Waals surface area contributed by atoms with Crippen LogP contribution in [0.15, 0.2) is 0 Å². The maximum absolute atomic E-state index is 11.7. The molecule has 0 aromatic carbocycles. The molecule has 0 aliphatic carbocycles. The van der Waals surface area contributed by atoms with Gasteiger partial charge in [0, 0.05) is 55.4 Å². The highest BCUT2D eigenvalue weighted by Gasteiger charge is 2.12. The lowest BCUT2D eigenvalue weighted by Crippen LogP contribution is -2.53. The first-order valence-electron chi connectivity index (χ1n) is 9.55. The molecule has 0 aliphatic heterocycles. The summed E-state index contributed by atoms with van der Waals surface area (Å²) in [5.41, 5.74) is 9.78. The van der Waals surface area contributed by atoms with Gasteiger partial charge in [-0.15, -0.1) is 0 Å². The number of nitrogens with zero attached hydrogens (tertiary/aromatic N) is 4. The fraction of sp³-hybridized carbons (Fsp3) is 0.750. The summed E-state index contributed by atoms with van der Waals surface area (Å²) in [4.78, 5) is 46.6. The third-order valence-corrected chi connectivity index (χ3v) is 3.46. The number of nitrogens with one attached hydrogen (secondary N) is 6. The Hall–Kier alpha value is -3.00. The summed E-state index contributed by atoms with van der Waals surface area (Å²) in [6, 6.07) is -1.85. The van der Waals surface area contributed by atoms with Crippen LogP contribution in [0, 0.1) is 0 Å². The zero-order chi connectivity index (χ0) is 23.1. The maximum atomic E-state index is 11.7. The van der Waals surface area contributed by atoms with Crippen molar-refractivity contribution < 1.29 is 19.2 Å². The quantitative estimate of drug-likeness (QED) is 0.207. The second kappa shape index (κ2) is 14.9. The van der Waals surface area contributed by atoms with Crippen molar-refractivity contribution in [1.29, 1.82) is 0 Å². The zero-order valence-electron chi connectivity index (χ0n) is 18.7. The van der Waals surface area contributed by atoms with Crippen LogP contribution in [-0.2, 0) is 0 Å². The molecule has 0 atom stereocenters. The van der Waals surface area contributed by atoms with E-state index in [0.29, 0.717) is 13.1 Å². The largest absolute Gasteiger partial charge is 0.350 e. The van der Waals surface area contributed by atoms with Crippen LogP contribution in [0.5, 0.6) is 0 Å². The van der Waals surface area contributed by atoms with E-state index in [1.165, 1.54) is 24.1 Å². The van der Waals surface area contributed by atoms with Crippen molar-refractivity contribution in [3.63, 3.8) is 0 Å². The average Bonchev–Trinajstić information content (AvgIpc) is 2.62. The van der Waals surface area contributed by atoms with Gasteiger partial charge in [0.25, 0.3) is 0 Å². The van der Waals surface area contributed by atoms with E-state index in [1.807, 2.05) is 0 Å². The third-order valence-electron chi connectivity index (χ3n) is 3.46. The summed E-state index contributed by atoms with van der Waals surface area (Å²) in [5, 5.41) is 10.4. The normalized spacial score (nSPS) is 10.3. The minimum Gasteiger partial charge on any atom is -0.337 e. The van der Waals surface area contributed by atoms with Gasteiger partial charge in [0.2, 0.25) is 0 Å². The van der Waals surface area contributed by atoms with Crippen LogP contribution in [0.25, 0.3) is 0 Å². The van der Waals surface area contributed by atoms with Crippen molar-refractivity contribution in [3.05, 3.63) is 0 Å². The average molecular weight is 433 g/mol. The summed E-state index contributed by atoms with van der Waals surface area (Å²) in [5.74, 6) is 0. The predicted molar refractivity (Wildman–Crippen MR) is 112 cm³/mol. The lowest BCUT2D eigenvalue weighted by atomic mass is 10.2. The van der Waals surface area contributed by atoms with Gasteiger partial charge in [0.1, 0.15) is 0 Å². The molecule has 8 amide bonds. The molecule has 6 N–H and O–H groups in total. The van der Waals surface area contributed by atoms with Crippen molar-refractivity contribution in [2.24, 2.45) is 0 Å². The molecule has 0 spiro atoms. The molecule has 0 bridgehead atoms. The fourth-order valence-electron chi connectivity index (χ4n) is 2.03. The SMILES string of the molecule is CN(C)NC(=O)N(C)NC(=O)NCCCCCCNC(=O)NN(C)C(=O)NN(C)C. The van der Waals surface area contributed by atoms with Gasteiger partial charge in [-0.2, -0.15) is 0 Å². The van der Waals surface area contributed by atoms with Crippen LogP contribution < -0.4 is 32.3 Å². The molecule has 0 aromatic heterocycles. The Balaban J connectivity index is 3.71. The second-order valence-corrected chi connectivity index (χ2v) is 6.89. The van der Waals surface area contributed by atoms with E-state index in [2.05, 4.69) is 32.3 Å². The van der Waals surface area contributed by atoms with E-state index in [4.69, 9.17) is 0 Å². The van der Waals surface area contributed by atoms with E-state index in [0.717, 1.165) is 35.7 Å². The van der Waals surface area contributed by atoms with Gasteiger partial charge >= 0.3 is 24.1 Å². The molecule has 0 saturated heterocycles. The fourth-order valence-corrected chi connectivity index (χ4v) is 2.03. The standard InChI is InChI=1S/C16H36N10O4/c1-23(2)21-15(29)25(5)19-13(27)17-11-9-7-8-10-12-18-14(28)20-26(6)16(30)22-24(3)4/h7-12H2,1-6H3,(H,21,29)(H,22,30)(H2,17,19,27)(H2,18,20,28). The molecule has 14 heteroatoms. The zero-order valence-corrected chi connectivity index (χ0v) is 18.7.